The van der Waals surface area contributed by atoms with Gasteiger partial charge in [-0.15, -0.1) is 0 Å². The first-order valence-corrected chi connectivity index (χ1v) is 12.3. The van der Waals surface area contributed by atoms with Gasteiger partial charge in [-0.05, 0) is 81.5 Å². The third-order valence-electron chi connectivity index (χ3n) is 5.49. The number of pyridine rings is 1. The van der Waals surface area contributed by atoms with Crippen molar-refractivity contribution in [2.24, 2.45) is 5.92 Å². The second-order valence-electron chi connectivity index (χ2n) is 10.8. The fourth-order valence-corrected chi connectivity index (χ4v) is 4.48. The van der Waals surface area contributed by atoms with Gasteiger partial charge in [0.05, 0.1) is 16.6 Å². The average Bonchev–Trinajstić information content (AvgIpc) is 2.74. The first kappa shape index (κ1) is 28.6. The Morgan fingerprint density at radius 3 is 2.41 bits per heavy atom. The maximum atomic E-state index is 14.2. The predicted molar refractivity (Wildman–Crippen MR) is 140 cm³/mol. The van der Waals surface area contributed by atoms with Crippen LogP contribution >= 0.6 is 11.6 Å². The van der Waals surface area contributed by atoms with E-state index in [0.29, 0.717) is 33.5 Å². The summed E-state index contributed by atoms with van der Waals surface area (Å²) in [4.78, 5) is 16.7. The van der Waals surface area contributed by atoms with Crippen molar-refractivity contribution in [3.8, 4) is 16.9 Å². The van der Waals surface area contributed by atoms with Crippen LogP contribution in [0.4, 0.5) is 18.0 Å². The van der Waals surface area contributed by atoms with Crippen LogP contribution in [0.3, 0.4) is 0 Å². The molecular formula is C28H32ClF3N2O3. The number of hydrogen-bond acceptors (Lipinski definition) is 4. The molecule has 0 radical (unpaired) electrons. The molecule has 3 aromatic rings. The number of amides is 1. The van der Waals surface area contributed by atoms with Crippen LogP contribution in [0.25, 0.3) is 22.0 Å². The van der Waals surface area contributed by atoms with Crippen LogP contribution < -0.4 is 10.1 Å². The molecule has 3 rings (SSSR count). The van der Waals surface area contributed by atoms with E-state index in [1.54, 1.807) is 64.2 Å². The number of carbonyl (C=O) groups is 1. The van der Waals surface area contributed by atoms with Gasteiger partial charge in [0.25, 0.3) is 0 Å². The van der Waals surface area contributed by atoms with Gasteiger partial charge in [0.2, 0.25) is 0 Å². The van der Waals surface area contributed by atoms with E-state index in [4.69, 9.17) is 21.1 Å². The summed E-state index contributed by atoms with van der Waals surface area (Å²) in [5.74, 6) is -0.195. The van der Waals surface area contributed by atoms with Crippen LogP contribution in [0, 0.1) is 5.92 Å². The Morgan fingerprint density at radius 2 is 1.78 bits per heavy atom. The van der Waals surface area contributed by atoms with Crippen molar-refractivity contribution in [2.45, 2.75) is 65.3 Å². The van der Waals surface area contributed by atoms with Gasteiger partial charge in [-0.3, -0.25) is 4.98 Å². The molecule has 2 aromatic carbocycles. The minimum atomic E-state index is -4.68. The molecule has 0 saturated carbocycles. The van der Waals surface area contributed by atoms with E-state index in [9.17, 15) is 18.0 Å². The molecule has 1 amide bonds. The first-order chi connectivity index (χ1) is 17.1. The smallest absolute Gasteiger partial charge is 0.419 e. The van der Waals surface area contributed by atoms with E-state index in [0.717, 1.165) is 6.07 Å². The molecule has 1 aromatic heterocycles. The highest BCUT2D eigenvalue weighted by Gasteiger charge is 2.37. The van der Waals surface area contributed by atoms with Crippen LogP contribution in [0.15, 0.2) is 48.7 Å². The van der Waals surface area contributed by atoms with Gasteiger partial charge in [0.1, 0.15) is 18.0 Å². The molecule has 0 unspecified atom stereocenters. The number of rotatable bonds is 7. The van der Waals surface area contributed by atoms with Crippen molar-refractivity contribution in [3.05, 3.63) is 59.2 Å². The van der Waals surface area contributed by atoms with Crippen molar-refractivity contribution in [1.82, 2.24) is 10.3 Å². The third kappa shape index (κ3) is 7.74. The highest BCUT2D eigenvalue weighted by Crippen LogP contribution is 2.41. The van der Waals surface area contributed by atoms with E-state index >= 15 is 0 Å². The average molecular weight is 537 g/mol. The van der Waals surface area contributed by atoms with E-state index in [2.05, 4.69) is 10.3 Å². The van der Waals surface area contributed by atoms with E-state index in [1.807, 2.05) is 13.8 Å². The van der Waals surface area contributed by atoms with Crippen molar-refractivity contribution in [1.29, 1.82) is 0 Å². The highest BCUT2D eigenvalue weighted by atomic mass is 35.5. The molecule has 5 nitrogen and oxygen atoms in total. The molecule has 0 bridgehead atoms. The van der Waals surface area contributed by atoms with Crippen molar-refractivity contribution in [3.63, 3.8) is 0 Å². The molecule has 9 heteroatoms. The summed E-state index contributed by atoms with van der Waals surface area (Å²) in [7, 11) is 0. The lowest BCUT2D eigenvalue weighted by Crippen LogP contribution is -2.52. The molecular weight excluding hydrogens is 505 g/mol. The standard InChI is InChI=1S/C28H32ClF3N2O3/c1-17(2)15-27(6,34-25(35)37-26(3,4)5)16-36-24-10-9-18(12-22(24)28(30,31)32)21-13-19(29)14-23-20(21)8-7-11-33-23/h7-14,17H,15-16H2,1-6H3,(H,34,35)/t27-/m0/s1. The van der Waals surface area contributed by atoms with Crippen LogP contribution in [0.2, 0.25) is 5.02 Å². The van der Waals surface area contributed by atoms with Gasteiger partial charge in [-0.2, -0.15) is 13.2 Å². The Bertz CT molecular complexity index is 1270. The van der Waals surface area contributed by atoms with E-state index in [-0.39, 0.29) is 18.3 Å². The zero-order chi connectivity index (χ0) is 27.6. The predicted octanol–water partition coefficient (Wildman–Crippen LogP) is 8.28. The summed E-state index contributed by atoms with van der Waals surface area (Å²) >= 11 is 6.23. The minimum absolute atomic E-state index is 0.137. The summed E-state index contributed by atoms with van der Waals surface area (Å²) in [6, 6.07) is 10.7. The molecule has 0 aliphatic heterocycles. The number of alkyl carbamates (subject to hydrolysis) is 1. The minimum Gasteiger partial charge on any atom is -0.491 e. The molecule has 0 spiro atoms. The van der Waals surface area contributed by atoms with E-state index in [1.165, 1.54) is 6.07 Å². The number of nitrogens with one attached hydrogen (secondary N) is 1. The van der Waals surface area contributed by atoms with Crippen LogP contribution in [-0.2, 0) is 10.9 Å². The van der Waals surface area contributed by atoms with E-state index < -0.39 is 29.0 Å². The fourth-order valence-electron chi connectivity index (χ4n) is 4.27. The number of halogens is 4. The molecule has 0 aliphatic rings. The molecule has 1 atom stereocenters. The Kier molecular flexibility index (Phi) is 8.32. The number of benzene rings is 2. The number of carbonyl (C=O) groups excluding carboxylic acids is 1. The summed E-state index contributed by atoms with van der Waals surface area (Å²) in [6.45, 7) is 10.7. The quantitative estimate of drug-likeness (QED) is 0.330. The van der Waals surface area contributed by atoms with Gasteiger partial charge in [-0.25, -0.2) is 4.79 Å². The SMILES string of the molecule is CC(C)C[C@@](C)(COc1ccc(-c2cc(Cl)cc3ncccc23)cc1C(F)(F)F)NC(=O)OC(C)(C)C. The molecule has 0 aliphatic carbocycles. The maximum Gasteiger partial charge on any atom is 0.419 e. The summed E-state index contributed by atoms with van der Waals surface area (Å²) < 4.78 is 53.6. The third-order valence-corrected chi connectivity index (χ3v) is 5.71. The topological polar surface area (TPSA) is 60.5 Å². The number of aromatic nitrogens is 1. The lowest BCUT2D eigenvalue weighted by atomic mass is 9.91. The number of ether oxygens (including phenoxy) is 2. The molecule has 200 valence electrons. The number of fused-ring (bicyclic) bond motifs is 1. The van der Waals surface area contributed by atoms with Crippen molar-refractivity contribution < 1.29 is 27.4 Å². The molecule has 0 saturated heterocycles. The summed E-state index contributed by atoms with van der Waals surface area (Å²) in [5.41, 5.74) is -1.17. The highest BCUT2D eigenvalue weighted by molar-refractivity contribution is 6.31. The summed E-state index contributed by atoms with van der Waals surface area (Å²) in [6.07, 6.45) is -3.27. The Hall–Kier alpha value is -3.00. The zero-order valence-corrected chi connectivity index (χ0v) is 22.6. The Balaban J connectivity index is 1.95. The largest absolute Gasteiger partial charge is 0.491 e. The van der Waals surface area contributed by atoms with Gasteiger partial charge in [-0.1, -0.05) is 37.6 Å². The fraction of sp³-hybridized carbons (Fsp3) is 0.429. The Labute approximate surface area is 220 Å². The Morgan fingerprint density at radius 1 is 1.08 bits per heavy atom. The number of alkyl halides is 3. The van der Waals surface area contributed by atoms with Gasteiger partial charge >= 0.3 is 12.3 Å². The molecule has 0 fully saturated rings. The molecule has 37 heavy (non-hydrogen) atoms. The van der Waals surface area contributed by atoms with Gasteiger partial charge in [0, 0.05) is 16.6 Å². The van der Waals surface area contributed by atoms with Crippen LogP contribution in [0.5, 0.6) is 5.75 Å². The lowest BCUT2D eigenvalue weighted by Gasteiger charge is -2.33. The van der Waals surface area contributed by atoms with Crippen molar-refractivity contribution >= 4 is 28.6 Å². The molecule has 1 heterocycles. The maximum absolute atomic E-state index is 14.2. The molecule has 1 N–H and O–H groups in total. The number of nitrogens with zero attached hydrogens (tertiary/aromatic N) is 1. The normalized spacial score (nSPS) is 13.9. The second-order valence-corrected chi connectivity index (χ2v) is 11.2. The summed E-state index contributed by atoms with van der Waals surface area (Å²) in [5, 5.41) is 3.83. The van der Waals surface area contributed by atoms with Gasteiger partial charge < -0.3 is 14.8 Å². The van der Waals surface area contributed by atoms with Crippen molar-refractivity contribution in [2.75, 3.05) is 6.61 Å². The first-order valence-electron chi connectivity index (χ1n) is 12.0. The zero-order valence-electron chi connectivity index (χ0n) is 21.8. The lowest BCUT2D eigenvalue weighted by molar-refractivity contribution is -0.139. The monoisotopic (exact) mass is 536 g/mol. The van der Waals surface area contributed by atoms with Crippen LogP contribution in [-0.4, -0.2) is 28.8 Å². The van der Waals surface area contributed by atoms with Crippen LogP contribution in [0.1, 0.15) is 53.5 Å². The van der Waals surface area contributed by atoms with Gasteiger partial charge in [0.15, 0.2) is 0 Å². The number of hydrogen-bond donors (Lipinski definition) is 1. The second kappa shape index (κ2) is 10.8.